The summed E-state index contributed by atoms with van der Waals surface area (Å²) in [6.45, 7) is 1.71. The van der Waals surface area contributed by atoms with Crippen molar-refractivity contribution in [1.82, 2.24) is 15.2 Å². The molecule has 1 fully saturated rings. The van der Waals surface area contributed by atoms with E-state index in [9.17, 15) is 18.0 Å². The van der Waals surface area contributed by atoms with E-state index in [0.29, 0.717) is 19.6 Å². The minimum Gasteiger partial charge on any atom is -0.329 e. The fourth-order valence-corrected chi connectivity index (χ4v) is 2.79. The van der Waals surface area contributed by atoms with Crippen LogP contribution in [0.25, 0.3) is 0 Å². The maximum Gasteiger partial charge on any atom is 0.416 e. The van der Waals surface area contributed by atoms with Crippen LogP contribution in [-0.2, 0) is 6.18 Å². The number of benzene rings is 1. The first kappa shape index (κ1) is 19.2. The second kappa shape index (κ2) is 7.84. The van der Waals surface area contributed by atoms with Gasteiger partial charge in [0.15, 0.2) is 0 Å². The lowest BCUT2D eigenvalue weighted by Gasteiger charge is -2.36. The molecule has 0 spiro atoms. The van der Waals surface area contributed by atoms with Crippen molar-refractivity contribution in [2.75, 3.05) is 19.6 Å². The maximum absolute atomic E-state index is 12.7. The van der Waals surface area contributed by atoms with Crippen LogP contribution in [0, 0.1) is 0 Å². The standard InChI is InChI=1S/C17H16F3N3O.ClH/c18-17(19,20)14-5-3-12(4-6-14)16(24)23-9-8-22-11-15(23)13-2-1-7-21-10-13;/h1-7,10,15,22H,8-9,11H2;1H. The van der Waals surface area contributed by atoms with Crippen LogP contribution in [0.1, 0.15) is 27.5 Å². The molecular weight excluding hydrogens is 355 g/mol. The third-order valence-electron chi connectivity index (χ3n) is 4.03. The van der Waals surface area contributed by atoms with E-state index in [4.69, 9.17) is 0 Å². The van der Waals surface area contributed by atoms with Crippen LogP contribution in [0.2, 0.25) is 0 Å². The molecule has 4 nitrogen and oxygen atoms in total. The van der Waals surface area contributed by atoms with E-state index in [0.717, 1.165) is 17.7 Å². The molecule has 2 heterocycles. The molecule has 1 amide bonds. The minimum absolute atomic E-state index is 0. The summed E-state index contributed by atoms with van der Waals surface area (Å²) in [5, 5.41) is 3.23. The van der Waals surface area contributed by atoms with Gasteiger partial charge in [-0.25, -0.2) is 0 Å². The van der Waals surface area contributed by atoms with E-state index in [1.54, 1.807) is 23.4 Å². The maximum atomic E-state index is 12.7. The Hall–Kier alpha value is -2.12. The van der Waals surface area contributed by atoms with Gasteiger partial charge in [-0.3, -0.25) is 9.78 Å². The van der Waals surface area contributed by atoms with Crippen LogP contribution in [0.4, 0.5) is 13.2 Å². The molecule has 1 aromatic carbocycles. The summed E-state index contributed by atoms with van der Waals surface area (Å²) < 4.78 is 37.9. The van der Waals surface area contributed by atoms with Crippen molar-refractivity contribution in [3.63, 3.8) is 0 Å². The van der Waals surface area contributed by atoms with Crippen LogP contribution >= 0.6 is 12.4 Å². The predicted molar refractivity (Wildman–Crippen MR) is 89.6 cm³/mol. The number of hydrogen-bond donors (Lipinski definition) is 1. The van der Waals surface area contributed by atoms with Crippen molar-refractivity contribution >= 4 is 18.3 Å². The first-order valence-corrected chi connectivity index (χ1v) is 7.55. The topological polar surface area (TPSA) is 45.2 Å². The number of rotatable bonds is 2. The third kappa shape index (κ3) is 4.29. The number of pyridine rings is 1. The van der Waals surface area contributed by atoms with Gasteiger partial charge in [0.1, 0.15) is 0 Å². The molecule has 8 heteroatoms. The second-order valence-electron chi connectivity index (χ2n) is 5.58. The number of carbonyl (C=O) groups is 1. The highest BCUT2D eigenvalue weighted by atomic mass is 35.5. The van der Waals surface area contributed by atoms with Gasteiger partial charge in [0.25, 0.3) is 5.91 Å². The van der Waals surface area contributed by atoms with Gasteiger partial charge in [-0.1, -0.05) is 6.07 Å². The average Bonchev–Trinajstić information content (AvgIpc) is 2.61. The number of aromatic nitrogens is 1. The Morgan fingerprint density at radius 1 is 1.20 bits per heavy atom. The molecule has 3 rings (SSSR count). The molecule has 25 heavy (non-hydrogen) atoms. The summed E-state index contributed by atoms with van der Waals surface area (Å²) in [6.07, 6.45) is -1.05. The number of amides is 1. The SMILES string of the molecule is Cl.O=C(c1ccc(C(F)(F)F)cc1)N1CCNCC1c1cccnc1. The zero-order valence-corrected chi connectivity index (χ0v) is 14.0. The summed E-state index contributed by atoms with van der Waals surface area (Å²) in [7, 11) is 0. The van der Waals surface area contributed by atoms with E-state index >= 15 is 0 Å². The summed E-state index contributed by atoms with van der Waals surface area (Å²) in [5.74, 6) is -0.279. The van der Waals surface area contributed by atoms with Crippen molar-refractivity contribution < 1.29 is 18.0 Å². The van der Waals surface area contributed by atoms with Crippen LogP contribution in [0.5, 0.6) is 0 Å². The molecule has 0 bridgehead atoms. The number of halogens is 4. The van der Waals surface area contributed by atoms with Gasteiger partial charge in [0.05, 0.1) is 11.6 Å². The second-order valence-corrected chi connectivity index (χ2v) is 5.58. The molecule has 0 aliphatic carbocycles. The normalized spacial score (nSPS) is 17.7. The van der Waals surface area contributed by atoms with Crippen LogP contribution in [0.3, 0.4) is 0 Å². The number of nitrogens with one attached hydrogen (secondary N) is 1. The molecule has 0 radical (unpaired) electrons. The third-order valence-corrected chi connectivity index (χ3v) is 4.03. The monoisotopic (exact) mass is 371 g/mol. The summed E-state index contributed by atoms with van der Waals surface area (Å²) in [6, 6.07) is 7.83. The van der Waals surface area contributed by atoms with Crippen molar-refractivity contribution in [2.24, 2.45) is 0 Å². The minimum atomic E-state index is -4.41. The highest BCUT2D eigenvalue weighted by Crippen LogP contribution is 2.30. The van der Waals surface area contributed by atoms with Gasteiger partial charge in [0.2, 0.25) is 0 Å². The zero-order valence-electron chi connectivity index (χ0n) is 13.2. The van der Waals surface area contributed by atoms with Crippen molar-refractivity contribution in [3.8, 4) is 0 Å². The van der Waals surface area contributed by atoms with Gasteiger partial charge in [-0.2, -0.15) is 13.2 Å². The Morgan fingerprint density at radius 3 is 2.52 bits per heavy atom. The number of hydrogen-bond acceptors (Lipinski definition) is 3. The molecule has 1 unspecified atom stereocenters. The number of alkyl halides is 3. The van der Waals surface area contributed by atoms with E-state index in [2.05, 4.69) is 10.3 Å². The lowest BCUT2D eigenvalue weighted by molar-refractivity contribution is -0.137. The highest BCUT2D eigenvalue weighted by Gasteiger charge is 2.32. The molecule has 0 saturated carbocycles. The molecule has 1 N–H and O–H groups in total. The van der Waals surface area contributed by atoms with Gasteiger partial charge in [0, 0.05) is 37.6 Å². The van der Waals surface area contributed by atoms with Crippen LogP contribution in [-0.4, -0.2) is 35.4 Å². The predicted octanol–water partition coefficient (Wildman–Crippen LogP) is 3.31. The van der Waals surface area contributed by atoms with E-state index in [-0.39, 0.29) is 29.9 Å². The first-order chi connectivity index (χ1) is 11.5. The molecule has 1 atom stereocenters. The van der Waals surface area contributed by atoms with Crippen molar-refractivity contribution in [1.29, 1.82) is 0 Å². The number of nitrogens with zero attached hydrogens (tertiary/aromatic N) is 2. The molecule has 2 aromatic rings. The van der Waals surface area contributed by atoms with E-state index < -0.39 is 11.7 Å². The number of carbonyl (C=O) groups excluding carboxylic acids is 1. The molecule has 1 aliphatic rings. The Labute approximate surface area is 149 Å². The quantitative estimate of drug-likeness (QED) is 0.881. The van der Waals surface area contributed by atoms with Crippen LogP contribution < -0.4 is 5.32 Å². The summed E-state index contributed by atoms with van der Waals surface area (Å²) in [5.41, 5.74) is 0.381. The summed E-state index contributed by atoms with van der Waals surface area (Å²) in [4.78, 5) is 18.5. The average molecular weight is 372 g/mol. The molecule has 1 aliphatic heterocycles. The molecule has 1 saturated heterocycles. The van der Waals surface area contributed by atoms with Gasteiger partial charge in [-0.15, -0.1) is 12.4 Å². The van der Waals surface area contributed by atoms with Crippen molar-refractivity contribution in [2.45, 2.75) is 12.2 Å². The molecule has 134 valence electrons. The lowest BCUT2D eigenvalue weighted by atomic mass is 10.0. The largest absolute Gasteiger partial charge is 0.416 e. The number of piperazine rings is 1. The molecule has 1 aromatic heterocycles. The fourth-order valence-electron chi connectivity index (χ4n) is 2.79. The zero-order chi connectivity index (χ0) is 17.2. The first-order valence-electron chi connectivity index (χ1n) is 7.55. The summed E-state index contributed by atoms with van der Waals surface area (Å²) >= 11 is 0. The smallest absolute Gasteiger partial charge is 0.329 e. The lowest BCUT2D eigenvalue weighted by Crippen LogP contribution is -2.48. The highest BCUT2D eigenvalue weighted by molar-refractivity contribution is 5.94. The van der Waals surface area contributed by atoms with Crippen molar-refractivity contribution in [3.05, 3.63) is 65.5 Å². The Kier molecular flexibility index (Phi) is 6.02. The van der Waals surface area contributed by atoms with E-state index in [1.807, 2.05) is 6.07 Å². The van der Waals surface area contributed by atoms with Crippen LogP contribution in [0.15, 0.2) is 48.8 Å². The Bertz CT molecular complexity index is 707. The van der Waals surface area contributed by atoms with E-state index in [1.165, 1.54) is 12.1 Å². The van der Waals surface area contributed by atoms with Gasteiger partial charge in [-0.05, 0) is 35.9 Å². The van der Waals surface area contributed by atoms with Gasteiger partial charge >= 0.3 is 6.18 Å². The Balaban J connectivity index is 0.00000225. The Morgan fingerprint density at radius 2 is 1.92 bits per heavy atom. The fraction of sp³-hybridized carbons (Fsp3) is 0.294. The van der Waals surface area contributed by atoms with Gasteiger partial charge < -0.3 is 10.2 Å². The molecular formula is C17H17ClF3N3O.